The highest BCUT2D eigenvalue weighted by Gasteiger charge is 2.34. The van der Waals surface area contributed by atoms with Crippen molar-refractivity contribution in [1.82, 2.24) is 15.5 Å². The molecule has 25 heavy (non-hydrogen) atoms. The van der Waals surface area contributed by atoms with E-state index in [1.54, 1.807) is 0 Å². The van der Waals surface area contributed by atoms with Gasteiger partial charge in [-0.05, 0) is 43.0 Å². The Hall–Kier alpha value is -0.940. The molecule has 140 valence electrons. The number of ether oxygens (including phenoxy) is 1. The van der Waals surface area contributed by atoms with Crippen LogP contribution in [0.25, 0.3) is 0 Å². The zero-order valence-electron chi connectivity index (χ0n) is 16.0. The van der Waals surface area contributed by atoms with Crippen molar-refractivity contribution in [2.24, 2.45) is 5.92 Å². The van der Waals surface area contributed by atoms with Gasteiger partial charge in [0.15, 0.2) is 0 Å². The fourth-order valence-corrected chi connectivity index (χ4v) is 4.38. The third-order valence-corrected chi connectivity index (χ3v) is 5.90. The van der Waals surface area contributed by atoms with Crippen LogP contribution in [0.15, 0.2) is 24.3 Å². The molecule has 0 bridgehead atoms. The van der Waals surface area contributed by atoms with E-state index in [2.05, 4.69) is 53.6 Å². The summed E-state index contributed by atoms with van der Waals surface area (Å²) < 4.78 is 5.68. The summed E-state index contributed by atoms with van der Waals surface area (Å²) in [5, 5.41) is 7.51. The van der Waals surface area contributed by atoms with Crippen LogP contribution in [-0.2, 0) is 17.8 Å². The maximum absolute atomic E-state index is 5.68. The first kappa shape index (κ1) is 18.8. The molecule has 2 N–H and O–H groups in total. The van der Waals surface area contributed by atoms with E-state index in [1.807, 2.05) is 0 Å². The lowest BCUT2D eigenvalue weighted by Crippen LogP contribution is -2.50. The lowest BCUT2D eigenvalue weighted by atomic mass is 9.94. The first-order valence-corrected chi connectivity index (χ1v) is 10.1. The summed E-state index contributed by atoms with van der Waals surface area (Å²) in [6.45, 7) is 11.5. The van der Waals surface area contributed by atoms with Gasteiger partial charge in [0.1, 0.15) is 0 Å². The van der Waals surface area contributed by atoms with E-state index in [0.717, 1.165) is 45.9 Å². The van der Waals surface area contributed by atoms with Gasteiger partial charge in [-0.3, -0.25) is 4.90 Å². The molecule has 1 heterocycles. The Bertz CT molecular complexity index is 512. The van der Waals surface area contributed by atoms with Gasteiger partial charge >= 0.3 is 0 Å². The smallest absolute Gasteiger partial charge is 0.0623 e. The van der Waals surface area contributed by atoms with Gasteiger partial charge in [0.25, 0.3) is 0 Å². The molecular weight excluding hydrogens is 310 g/mol. The highest BCUT2D eigenvalue weighted by Crippen LogP contribution is 2.29. The van der Waals surface area contributed by atoms with E-state index in [0.29, 0.717) is 18.0 Å². The molecule has 4 heteroatoms. The van der Waals surface area contributed by atoms with Gasteiger partial charge in [0, 0.05) is 31.7 Å². The molecule has 1 aromatic rings. The predicted octanol–water partition coefficient (Wildman–Crippen LogP) is 2.78. The maximum Gasteiger partial charge on any atom is 0.0623 e. The Morgan fingerprint density at radius 3 is 2.80 bits per heavy atom. The Morgan fingerprint density at radius 1 is 1.20 bits per heavy atom. The number of hydrogen-bond donors (Lipinski definition) is 2. The number of nitrogens with zero attached hydrogens (tertiary/aromatic N) is 1. The average molecular weight is 346 g/mol. The van der Waals surface area contributed by atoms with Crippen LogP contribution in [0.1, 0.15) is 44.2 Å². The van der Waals surface area contributed by atoms with Crippen LogP contribution in [0.2, 0.25) is 0 Å². The van der Waals surface area contributed by atoms with Gasteiger partial charge in [-0.25, -0.2) is 0 Å². The normalized spacial score (nSPS) is 27.1. The molecule has 1 aliphatic carbocycles. The van der Waals surface area contributed by atoms with Crippen LogP contribution in [-0.4, -0.2) is 49.8 Å². The summed E-state index contributed by atoms with van der Waals surface area (Å²) >= 11 is 0. The molecule has 0 amide bonds. The highest BCUT2D eigenvalue weighted by atomic mass is 16.5. The first-order chi connectivity index (χ1) is 12.3. The lowest BCUT2D eigenvalue weighted by molar-refractivity contribution is 0.0524. The number of hydrogen-bond acceptors (Lipinski definition) is 4. The zero-order chi connectivity index (χ0) is 17.5. The maximum atomic E-state index is 5.68. The van der Waals surface area contributed by atoms with E-state index in [4.69, 9.17) is 4.74 Å². The molecule has 2 fully saturated rings. The molecule has 3 rings (SSSR count). The molecule has 0 aromatic heterocycles. The number of rotatable bonds is 8. The van der Waals surface area contributed by atoms with Crippen LogP contribution in [0.5, 0.6) is 0 Å². The Kier molecular flexibility index (Phi) is 7.29. The summed E-state index contributed by atoms with van der Waals surface area (Å²) in [6, 6.07) is 10.2. The zero-order valence-corrected chi connectivity index (χ0v) is 16.0. The molecule has 0 spiro atoms. The van der Waals surface area contributed by atoms with E-state index in [-0.39, 0.29) is 0 Å². The topological polar surface area (TPSA) is 36.5 Å². The largest absolute Gasteiger partial charge is 0.379 e. The van der Waals surface area contributed by atoms with Crippen LogP contribution in [0, 0.1) is 5.92 Å². The summed E-state index contributed by atoms with van der Waals surface area (Å²) in [4.78, 5) is 2.47. The number of morpholine rings is 1. The standard InChI is InChI=1S/C21H35N3O/c1-3-24(4-2)15-18-8-5-7-17(13-18)14-23-20-10-6-9-19(20)21-16-25-12-11-22-21/h5,7-8,13,19-23H,3-4,6,9-12,14-16H2,1-2H3. The van der Waals surface area contributed by atoms with Crippen molar-refractivity contribution in [3.8, 4) is 0 Å². The van der Waals surface area contributed by atoms with E-state index in [9.17, 15) is 0 Å². The number of nitrogens with one attached hydrogen (secondary N) is 2. The highest BCUT2D eigenvalue weighted by molar-refractivity contribution is 5.23. The summed E-state index contributed by atoms with van der Waals surface area (Å²) in [5.41, 5.74) is 2.83. The number of benzene rings is 1. The minimum Gasteiger partial charge on any atom is -0.379 e. The molecule has 0 radical (unpaired) electrons. The third kappa shape index (κ3) is 5.27. The molecule has 1 aromatic carbocycles. The predicted molar refractivity (Wildman–Crippen MR) is 104 cm³/mol. The fraction of sp³-hybridized carbons (Fsp3) is 0.714. The Labute approximate surface area is 153 Å². The molecule has 1 aliphatic heterocycles. The fourth-order valence-electron chi connectivity index (χ4n) is 4.38. The molecule has 4 nitrogen and oxygen atoms in total. The van der Waals surface area contributed by atoms with Crippen molar-refractivity contribution in [2.45, 2.75) is 58.3 Å². The van der Waals surface area contributed by atoms with Crippen LogP contribution in [0.4, 0.5) is 0 Å². The monoisotopic (exact) mass is 345 g/mol. The van der Waals surface area contributed by atoms with Crippen LogP contribution < -0.4 is 10.6 Å². The summed E-state index contributed by atoms with van der Waals surface area (Å²) in [7, 11) is 0. The molecule has 3 atom stereocenters. The van der Waals surface area contributed by atoms with Gasteiger partial charge < -0.3 is 15.4 Å². The Morgan fingerprint density at radius 2 is 2.04 bits per heavy atom. The second-order valence-electron chi connectivity index (χ2n) is 7.50. The second-order valence-corrected chi connectivity index (χ2v) is 7.50. The molecule has 1 saturated carbocycles. The van der Waals surface area contributed by atoms with Crippen molar-refractivity contribution in [3.63, 3.8) is 0 Å². The van der Waals surface area contributed by atoms with Crippen LogP contribution >= 0.6 is 0 Å². The van der Waals surface area contributed by atoms with Crippen molar-refractivity contribution >= 4 is 0 Å². The quantitative estimate of drug-likeness (QED) is 0.760. The summed E-state index contributed by atoms with van der Waals surface area (Å²) in [5.74, 6) is 0.708. The Balaban J connectivity index is 1.53. The molecular formula is C21H35N3O. The van der Waals surface area contributed by atoms with Crippen molar-refractivity contribution in [3.05, 3.63) is 35.4 Å². The molecule has 1 saturated heterocycles. The van der Waals surface area contributed by atoms with Gasteiger partial charge in [-0.1, -0.05) is 44.5 Å². The molecule has 2 aliphatic rings. The summed E-state index contributed by atoms with van der Waals surface area (Å²) in [6.07, 6.45) is 3.95. The van der Waals surface area contributed by atoms with Gasteiger partial charge in [-0.2, -0.15) is 0 Å². The molecule has 3 unspecified atom stereocenters. The SMILES string of the molecule is CCN(CC)Cc1cccc(CNC2CCCC2C2COCCN2)c1. The van der Waals surface area contributed by atoms with E-state index in [1.165, 1.54) is 30.4 Å². The minimum atomic E-state index is 0.530. The van der Waals surface area contributed by atoms with Gasteiger partial charge in [0.05, 0.1) is 13.2 Å². The van der Waals surface area contributed by atoms with Crippen molar-refractivity contribution < 1.29 is 4.74 Å². The minimum absolute atomic E-state index is 0.530. The van der Waals surface area contributed by atoms with E-state index < -0.39 is 0 Å². The second kappa shape index (κ2) is 9.67. The van der Waals surface area contributed by atoms with Crippen molar-refractivity contribution in [2.75, 3.05) is 32.8 Å². The first-order valence-electron chi connectivity index (χ1n) is 10.1. The third-order valence-electron chi connectivity index (χ3n) is 5.90. The van der Waals surface area contributed by atoms with Gasteiger partial charge in [-0.15, -0.1) is 0 Å². The van der Waals surface area contributed by atoms with Crippen LogP contribution in [0.3, 0.4) is 0 Å². The van der Waals surface area contributed by atoms with E-state index >= 15 is 0 Å². The lowest BCUT2D eigenvalue weighted by Gasteiger charge is -2.33. The van der Waals surface area contributed by atoms with Gasteiger partial charge in [0.2, 0.25) is 0 Å². The van der Waals surface area contributed by atoms with Crippen molar-refractivity contribution in [1.29, 1.82) is 0 Å². The average Bonchev–Trinajstić information content (AvgIpc) is 3.14.